The first kappa shape index (κ1) is 11.3. The number of carbonyl (C=O) groups excluding carboxylic acids is 1. The summed E-state index contributed by atoms with van der Waals surface area (Å²) < 4.78 is 5.04. The molecule has 3 nitrogen and oxygen atoms in total. The third-order valence-electron chi connectivity index (χ3n) is 1.65. The van der Waals surface area contributed by atoms with Crippen molar-refractivity contribution in [2.24, 2.45) is 0 Å². The molecule has 1 heterocycles. The molecule has 0 atom stereocenters. The smallest absolute Gasteiger partial charge is 0.265 e. The van der Waals surface area contributed by atoms with Gasteiger partial charge >= 0.3 is 0 Å². The summed E-state index contributed by atoms with van der Waals surface area (Å²) in [7, 11) is 1.55. The van der Waals surface area contributed by atoms with Crippen molar-refractivity contribution in [3.63, 3.8) is 0 Å². The number of ether oxygens (including phenoxy) is 1. The zero-order valence-electron chi connectivity index (χ0n) is 7.88. The van der Waals surface area contributed by atoms with Crippen LogP contribution in [0.1, 0.15) is 16.1 Å². The Labute approximate surface area is 92.0 Å². The SMILES string of the molecule is COc1ccsc1C(=O)NCCCCl. The van der Waals surface area contributed by atoms with Crippen molar-refractivity contribution in [3.05, 3.63) is 16.3 Å². The number of hydrogen-bond acceptors (Lipinski definition) is 3. The highest BCUT2D eigenvalue weighted by atomic mass is 35.5. The van der Waals surface area contributed by atoms with Crippen molar-refractivity contribution in [2.75, 3.05) is 19.5 Å². The molecule has 0 aliphatic rings. The average Bonchev–Trinajstić information content (AvgIpc) is 2.65. The van der Waals surface area contributed by atoms with Gasteiger partial charge in [-0.3, -0.25) is 4.79 Å². The van der Waals surface area contributed by atoms with Crippen molar-refractivity contribution in [2.45, 2.75) is 6.42 Å². The number of alkyl halides is 1. The molecule has 0 unspecified atom stereocenters. The zero-order chi connectivity index (χ0) is 10.4. The molecular weight excluding hydrogens is 222 g/mol. The number of carbonyl (C=O) groups is 1. The molecule has 1 aromatic rings. The van der Waals surface area contributed by atoms with Crippen molar-refractivity contribution < 1.29 is 9.53 Å². The van der Waals surface area contributed by atoms with Crippen LogP contribution < -0.4 is 10.1 Å². The molecule has 0 aliphatic heterocycles. The van der Waals surface area contributed by atoms with Crippen LogP contribution in [0.25, 0.3) is 0 Å². The summed E-state index contributed by atoms with van der Waals surface area (Å²) in [6.07, 6.45) is 0.779. The summed E-state index contributed by atoms with van der Waals surface area (Å²) in [5.74, 6) is 1.09. The molecule has 0 saturated carbocycles. The minimum atomic E-state index is -0.0954. The number of thiophene rings is 1. The molecule has 0 saturated heterocycles. The van der Waals surface area contributed by atoms with E-state index in [-0.39, 0.29) is 5.91 Å². The fourth-order valence-electron chi connectivity index (χ4n) is 0.973. The molecule has 0 aliphatic carbocycles. The number of methoxy groups -OCH3 is 1. The molecule has 1 aromatic heterocycles. The Morgan fingerprint density at radius 1 is 1.71 bits per heavy atom. The van der Waals surface area contributed by atoms with Crippen LogP contribution in [-0.4, -0.2) is 25.4 Å². The first-order valence-corrected chi connectivity index (χ1v) is 5.66. The lowest BCUT2D eigenvalue weighted by Gasteiger charge is -2.03. The second kappa shape index (κ2) is 5.88. The maximum Gasteiger partial charge on any atom is 0.265 e. The van der Waals surface area contributed by atoms with Crippen LogP contribution in [0.3, 0.4) is 0 Å². The van der Waals surface area contributed by atoms with E-state index in [1.165, 1.54) is 11.3 Å². The van der Waals surface area contributed by atoms with E-state index in [0.29, 0.717) is 23.1 Å². The Bertz CT molecular complexity index is 301. The molecule has 14 heavy (non-hydrogen) atoms. The summed E-state index contributed by atoms with van der Waals surface area (Å²) in [6, 6.07) is 1.78. The lowest BCUT2D eigenvalue weighted by Crippen LogP contribution is -2.24. The minimum Gasteiger partial charge on any atom is -0.495 e. The maximum absolute atomic E-state index is 11.5. The van der Waals surface area contributed by atoms with Crippen LogP contribution >= 0.6 is 22.9 Å². The van der Waals surface area contributed by atoms with Crippen molar-refractivity contribution in [1.29, 1.82) is 0 Å². The van der Waals surface area contributed by atoms with E-state index < -0.39 is 0 Å². The third kappa shape index (κ3) is 2.89. The first-order chi connectivity index (χ1) is 6.79. The molecule has 0 radical (unpaired) electrons. The molecule has 0 fully saturated rings. The fourth-order valence-corrected chi connectivity index (χ4v) is 1.88. The molecular formula is C9H12ClNO2S. The predicted molar refractivity (Wildman–Crippen MR) is 58.5 cm³/mol. The fraction of sp³-hybridized carbons (Fsp3) is 0.444. The van der Waals surface area contributed by atoms with Crippen LogP contribution in [0, 0.1) is 0 Å². The van der Waals surface area contributed by atoms with E-state index in [1.54, 1.807) is 13.2 Å². The van der Waals surface area contributed by atoms with Gasteiger partial charge in [0.2, 0.25) is 0 Å². The first-order valence-electron chi connectivity index (χ1n) is 4.25. The number of hydrogen-bond donors (Lipinski definition) is 1. The van der Waals surface area contributed by atoms with E-state index in [1.807, 2.05) is 5.38 Å². The van der Waals surface area contributed by atoms with E-state index in [0.717, 1.165) is 6.42 Å². The van der Waals surface area contributed by atoms with Gasteiger partial charge in [0, 0.05) is 12.4 Å². The van der Waals surface area contributed by atoms with Gasteiger partial charge in [0.15, 0.2) is 0 Å². The molecule has 1 rings (SSSR count). The van der Waals surface area contributed by atoms with Crippen LogP contribution in [-0.2, 0) is 0 Å². The number of amides is 1. The van der Waals surface area contributed by atoms with Gasteiger partial charge in [-0.25, -0.2) is 0 Å². The van der Waals surface area contributed by atoms with Crippen molar-refractivity contribution in [1.82, 2.24) is 5.32 Å². The Balaban J connectivity index is 2.51. The lowest BCUT2D eigenvalue weighted by molar-refractivity contribution is 0.0955. The van der Waals surface area contributed by atoms with E-state index in [9.17, 15) is 4.79 Å². The summed E-state index contributed by atoms with van der Waals surface area (Å²) in [5, 5.41) is 4.60. The van der Waals surface area contributed by atoms with E-state index in [2.05, 4.69) is 5.32 Å². The Morgan fingerprint density at radius 3 is 3.14 bits per heavy atom. The number of rotatable bonds is 5. The summed E-state index contributed by atoms with van der Waals surface area (Å²) in [4.78, 5) is 12.1. The van der Waals surface area contributed by atoms with Gasteiger partial charge in [0.1, 0.15) is 10.6 Å². The summed E-state index contributed by atoms with van der Waals surface area (Å²) >= 11 is 6.87. The standard InChI is InChI=1S/C9H12ClNO2S/c1-13-7-3-6-14-8(7)9(12)11-5-2-4-10/h3,6H,2,4-5H2,1H3,(H,11,12). The Kier molecular flexibility index (Phi) is 4.76. The van der Waals surface area contributed by atoms with Gasteiger partial charge in [0.25, 0.3) is 5.91 Å². The van der Waals surface area contributed by atoms with E-state index in [4.69, 9.17) is 16.3 Å². The topological polar surface area (TPSA) is 38.3 Å². The van der Waals surface area contributed by atoms with Crippen molar-refractivity contribution >= 4 is 28.8 Å². The van der Waals surface area contributed by atoms with Gasteiger partial charge in [-0.15, -0.1) is 22.9 Å². The van der Waals surface area contributed by atoms with Crippen molar-refractivity contribution in [3.8, 4) is 5.75 Å². The summed E-state index contributed by atoms with van der Waals surface area (Å²) in [6.45, 7) is 0.601. The minimum absolute atomic E-state index is 0.0954. The predicted octanol–water partition coefficient (Wildman–Crippen LogP) is 2.12. The van der Waals surface area contributed by atoms with Crippen LogP contribution in [0.2, 0.25) is 0 Å². The van der Waals surface area contributed by atoms with Crippen LogP contribution in [0.5, 0.6) is 5.75 Å². The molecule has 0 spiro atoms. The van der Waals surface area contributed by atoms with Gasteiger partial charge in [-0.05, 0) is 17.9 Å². The number of nitrogens with one attached hydrogen (secondary N) is 1. The molecule has 1 N–H and O–H groups in total. The molecule has 0 aromatic carbocycles. The van der Waals surface area contributed by atoms with E-state index >= 15 is 0 Å². The van der Waals surface area contributed by atoms with Crippen LogP contribution in [0.4, 0.5) is 0 Å². The quantitative estimate of drug-likeness (QED) is 0.625. The zero-order valence-corrected chi connectivity index (χ0v) is 9.45. The molecule has 5 heteroatoms. The second-order valence-corrected chi connectivity index (χ2v) is 3.91. The highest BCUT2D eigenvalue weighted by molar-refractivity contribution is 7.12. The monoisotopic (exact) mass is 233 g/mol. The average molecular weight is 234 g/mol. The Hall–Kier alpha value is -0.740. The normalized spacial score (nSPS) is 9.86. The van der Waals surface area contributed by atoms with Gasteiger partial charge in [-0.1, -0.05) is 0 Å². The lowest BCUT2D eigenvalue weighted by atomic mass is 10.4. The highest BCUT2D eigenvalue weighted by Gasteiger charge is 2.12. The number of halogens is 1. The molecule has 78 valence electrons. The Morgan fingerprint density at radius 2 is 2.50 bits per heavy atom. The third-order valence-corrected chi connectivity index (χ3v) is 2.81. The van der Waals surface area contributed by atoms with Gasteiger partial charge in [0.05, 0.1) is 7.11 Å². The highest BCUT2D eigenvalue weighted by Crippen LogP contribution is 2.23. The molecule has 0 bridgehead atoms. The summed E-state index contributed by atoms with van der Waals surface area (Å²) in [5.41, 5.74) is 0. The largest absolute Gasteiger partial charge is 0.495 e. The molecule has 1 amide bonds. The van der Waals surface area contributed by atoms with Gasteiger partial charge < -0.3 is 10.1 Å². The van der Waals surface area contributed by atoms with Crippen LogP contribution in [0.15, 0.2) is 11.4 Å². The second-order valence-electron chi connectivity index (χ2n) is 2.62. The maximum atomic E-state index is 11.5. The van der Waals surface area contributed by atoms with Gasteiger partial charge in [-0.2, -0.15) is 0 Å².